The average molecular weight is 283 g/mol. The normalized spacial score (nSPS) is 21.7. The van der Waals surface area contributed by atoms with Crippen LogP contribution in [0.2, 0.25) is 0 Å². The van der Waals surface area contributed by atoms with Crippen molar-refractivity contribution in [3.63, 3.8) is 0 Å². The number of fused-ring (bicyclic) bond motifs is 1. The minimum absolute atomic E-state index is 0.435. The number of aromatic nitrogens is 1. The molecule has 21 heavy (non-hydrogen) atoms. The van der Waals surface area contributed by atoms with E-state index in [1.807, 2.05) is 0 Å². The Morgan fingerprint density at radius 2 is 2.10 bits per heavy atom. The molecule has 1 aromatic heterocycles. The number of hydrogen-bond acceptors (Lipinski definition) is 4. The van der Waals surface area contributed by atoms with Crippen LogP contribution in [0.15, 0.2) is 29.0 Å². The maximum absolute atomic E-state index is 5.26. The van der Waals surface area contributed by atoms with Gasteiger partial charge in [0.1, 0.15) is 17.6 Å². The Labute approximate surface area is 125 Å². The first-order chi connectivity index (χ1) is 10.3. The van der Waals surface area contributed by atoms with Crippen molar-refractivity contribution in [1.82, 2.24) is 10.2 Å². The van der Waals surface area contributed by atoms with Gasteiger partial charge in [0.2, 0.25) is 0 Å². The SMILES string of the molecule is Cc1cccc2c1CC(c1nocc1NN1CCCC1)C2. The van der Waals surface area contributed by atoms with E-state index in [-0.39, 0.29) is 0 Å². The lowest BCUT2D eigenvalue weighted by Gasteiger charge is -2.18. The Morgan fingerprint density at radius 3 is 2.90 bits per heavy atom. The van der Waals surface area contributed by atoms with Gasteiger partial charge in [-0.3, -0.25) is 0 Å². The summed E-state index contributed by atoms with van der Waals surface area (Å²) in [5, 5.41) is 6.56. The molecule has 2 aliphatic rings. The number of hydrogen-bond donors (Lipinski definition) is 1. The third kappa shape index (κ3) is 2.33. The van der Waals surface area contributed by atoms with Gasteiger partial charge in [0, 0.05) is 19.0 Å². The Morgan fingerprint density at radius 1 is 1.24 bits per heavy atom. The molecule has 1 aromatic carbocycles. The highest BCUT2D eigenvalue weighted by molar-refractivity contribution is 5.50. The fraction of sp³-hybridized carbons (Fsp3) is 0.471. The van der Waals surface area contributed by atoms with Gasteiger partial charge >= 0.3 is 0 Å². The van der Waals surface area contributed by atoms with Crippen LogP contribution in [0.1, 0.15) is 41.1 Å². The number of aryl methyl sites for hydroxylation is 1. The molecule has 110 valence electrons. The second-order valence-electron chi connectivity index (χ2n) is 6.24. The van der Waals surface area contributed by atoms with Crippen LogP contribution >= 0.6 is 0 Å². The van der Waals surface area contributed by atoms with Crippen molar-refractivity contribution in [2.24, 2.45) is 0 Å². The molecule has 1 unspecified atom stereocenters. The molecule has 2 aromatic rings. The quantitative estimate of drug-likeness (QED) is 0.938. The molecule has 1 aliphatic carbocycles. The molecule has 4 nitrogen and oxygen atoms in total. The van der Waals surface area contributed by atoms with Crippen LogP contribution in [0.25, 0.3) is 0 Å². The number of nitrogens with one attached hydrogen (secondary N) is 1. The zero-order valence-corrected chi connectivity index (χ0v) is 12.4. The summed E-state index contributed by atoms with van der Waals surface area (Å²) in [7, 11) is 0. The van der Waals surface area contributed by atoms with E-state index in [4.69, 9.17) is 4.52 Å². The number of nitrogens with zero attached hydrogens (tertiary/aromatic N) is 2. The minimum atomic E-state index is 0.435. The first kappa shape index (κ1) is 12.9. The zero-order chi connectivity index (χ0) is 14.2. The molecule has 1 aliphatic heterocycles. The first-order valence-electron chi connectivity index (χ1n) is 7.84. The Kier molecular flexibility index (Phi) is 3.19. The average Bonchev–Trinajstić information content (AvgIpc) is 3.18. The van der Waals surface area contributed by atoms with Crippen LogP contribution in [0.4, 0.5) is 5.69 Å². The second kappa shape index (κ2) is 5.19. The third-order valence-electron chi connectivity index (χ3n) is 4.79. The van der Waals surface area contributed by atoms with Gasteiger partial charge in [-0.25, -0.2) is 5.01 Å². The van der Waals surface area contributed by atoms with E-state index in [2.05, 4.69) is 40.7 Å². The molecule has 0 saturated carbocycles. The van der Waals surface area contributed by atoms with Gasteiger partial charge in [0.05, 0.1) is 0 Å². The molecule has 1 N–H and O–H groups in total. The topological polar surface area (TPSA) is 41.3 Å². The van der Waals surface area contributed by atoms with Crippen LogP contribution in [-0.4, -0.2) is 23.3 Å². The summed E-state index contributed by atoms with van der Waals surface area (Å²) in [6.07, 6.45) is 6.42. The predicted molar refractivity (Wildman–Crippen MR) is 82.3 cm³/mol. The maximum Gasteiger partial charge on any atom is 0.148 e. The van der Waals surface area contributed by atoms with Crippen molar-refractivity contribution < 1.29 is 4.52 Å². The van der Waals surface area contributed by atoms with Gasteiger partial charge in [0.25, 0.3) is 0 Å². The summed E-state index contributed by atoms with van der Waals surface area (Å²) < 4.78 is 5.26. The largest absolute Gasteiger partial charge is 0.362 e. The smallest absolute Gasteiger partial charge is 0.148 e. The van der Waals surface area contributed by atoms with Gasteiger partial charge in [-0.05, 0) is 49.3 Å². The fourth-order valence-corrected chi connectivity index (χ4v) is 3.65. The highest BCUT2D eigenvalue weighted by atomic mass is 16.5. The van der Waals surface area contributed by atoms with Crippen LogP contribution in [0.5, 0.6) is 0 Å². The lowest BCUT2D eigenvalue weighted by Crippen LogP contribution is -2.26. The molecule has 4 rings (SSSR count). The molecule has 0 bridgehead atoms. The predicted octanol–water partition coefficient (Wildman–Crippen LogP) is 3.29. The number of rotatable bonds is 3. The van der Waals surface area contributed by atoms with Crippen molar-refractivity contribution in [1.29, 1.82) is 0 Å². The van der Waals surface area contributed by atoms with Gasteiger partial charge in [-0.1, -0.05) is 23.4 Å². The molecule has 2 heterocycles. The van der Waals surface area contributed by atoms with Crippen molar-refractivity contribution in [2.75, 3.05) is 18.5 Å². The van der Waals surface area contributed by atoms with E-state index in [0.29, 0.717) is 5.92 Å². The zero-order valence-electron chi connectivity index (χ0n) is 12.4. The summed E-state index contributed by atoms with van der Waals surface area (Å²) in [6.45, 7) is 4.41. The van der Waals surface area contributed by atoms with E-state index >= 15 is 0 Å². The van der Waals surface area contributed by atoms with E-state index in [1.165, 1.54) is 29.5 Å². The summed E-state index contributed by atoms with van der Waals surface area (Å²) in [5.74, 6) is 0.435. The number of benzene rings is 1. The first-order valence-corrected chi connectivity index (χ1v) is 7.84. The molecule has 1 fully saturated rings. The molecule has 4 heteroatoms. The second-order valence-corrected chi connectivity index (χ2v) is 6.24. The van der Waals surface area contributed by atoms with Crippen molar-refractivity contribution >= 4 is 5.69 Å². The van der Waals surface area contributed by atoms with E-state index in [9.17, 15) is 0 Å². The van der Waals surface area contributed by atoms with Gasteiger partial charge in [-0.2, -0.15) is 0 Å². The standard InChI is InChI=1S/C17H21N3O/c1-12-5-4-6-13-9-14(10-15(12)13)17-16(11-21-19-17)18-20-7-2-3-8-20/h4-6,11,14,18H,2-3,7-10H2,1H3. The van der Waals surface area contributed by atoms with Gasteiger partial charge in [0.15, 0.2) is 0 Å². The Hall–Kier alpha value is -1.81. The van der Waals surface area contributed by atoms with Crippen LogP contribution in [0, 0.1) is 6.92 Å². The maximum atomic E-state index is 5.26. The Bertz CT molecular complexity index is 643. The Balaban J connectivity index is 1.56. The summed E-state index contributed by atoms with van der Waals surface area (Å²) >= 11 is 0. The molecular formula is C17H21N3O. The van der Waals surface area contributed by atoms with E-state index < -0.39 is 0 Å². The van der Waals surface area contributed by atoms with Gasteiger partial charge in [-0.15, -0.1) is 0 Å². The fourth-order valence-electron chi connectivity index (χ4n) is 3.65. The molecular weight excluding hydrogens is 262 g/mol. The van der Waals surface area contributed by atoms with Crippen molar-refractivity contribution in [3.8, 4) is 0 Å². The lowest BCUT2D eigenvalue weighted by molar-refractivity contribution is 0.402. The molecule has 0 amide bonds. The summed E-state index contributed by atoms with van der Waals surface area (Å²) in [6, 6.07) is 6.60. The van der Waals surface area contributed by atoms with E-state index in [1.54, 1.807) is 6.26 Å². The molecule has 0 spiro atoms. The van der Waals surface area contributed by atoms with Crippen molar-refractivity contribution in [2.45, 2.75) is 38.5 Å². The number of anilines is 1. The summed E-state index contributed by atoms with van der Waals surface area (Å²) in [4.78, 5) is 0. The van der Waals surface area contributed by atoms with Crippen LogP contribution in [-0.2, 0) is 12.8 Å². The van der Waals surface area contributed by atoms with Crippen molar-refractivity contribution in [3.05, 3.63) is 46.8 Å². The van der Waals surface area contributed by atoms with E-state index in [0.717, 1.165) is 37.3 Å². The molecule has 1 atom stereocenters. The highest BCUT2D eigenvalue weighted by Crippen LogP contribution is 2.37. The highest BCUT2D eigenvalue weighted by Gasteiger charge is 2.29. The monoisotopic (exact) mass is 283 g/mol. The minimum Gasteiger partial charge on any atom is -0.362 e. The van der Waals surface area contributed by atoms with Crippen LogP contribution < -0.4 is 5.43 Å². The van der Waals surface area contributed by atoms with Crippen LogP contribution in [0.3, 0.4) is 0 Å². The van der Waals surface area contributed by atoms with Gasteiger partial charge < -0.3 is 9.95 Å². The molecule has 1 saturated heterocycles. The molecule has 0 radical (unpaired) electrons. The number of hydrazine groups is 1. The lowest BCUT2D eigenvalue weighted by atomic mass is 10.0. The summed E-state index contributed by atoms with van der Waals surface area (Å²) in [5.41, 5.74) is 9.98. The third-order valence-corrected chi connectivity index (χ3v) is 4.79.